The number of aliphatic hydroxyl groups excluding tert-OH is 1. The third-order valence-corrected chi connectivity index (χ3v) is 8.49. The molecule has 0 fully saturated rings. The maximum absolute atomic E-state index is 13.7. The van der Waals surface area contributed by atoms with Crippen molar-refractivity contribution in [3.8, 4) is 11.1 Å². The van der Waals surface area contributed by atoms with E-state index in [4.69, 9.17) is 4.74 Å². The Balaban J connectivity index is 1.12. The summed E-state index contributed by atoms with van der Waals surface area (Å²) in [6.07, 6.45) is 1.81. The maximum atomic E-state index is 13.7. The lowest BCUT2D eigenvalue weighted by molar-refractivity contribution is -0.132. The minimum absolute atomic E-state index is 0.0469. The number of amides is 2. The zero-order valence-corrected chi connectivity index (χ0v) is 23.5. The number of benzene rings is 4. The molecule has 0 saturated carbocycles. The molecule has 0 spiro atoms. The monoisotopic (exact) mass is 572 g/mol. The topological polar surface area (TPSA) is 107 Å². The van der Waals surface area contributed by atoms with E-state index in [1.165, 1.54) is 11.1 Å². The van der Waals surface area contributed by atoms with Gasteiger partial charge in [0.05, 0.1) is 18.0 Å². The summed E-state index contributed by atoms with van der Waals surface area (Å²) in [6, 6.07) is 29.4. The highest BCUT2D eigenvalue weighted by atomic mass is 16.5. The molecular weight excluding hydrogens is 540 g/mol. The first kappa shape index (κ1) is 26.8. The molecule has 8 heteroatoms. The largest absolute Gasteiger partial charge is 0.448 e. The van der Waals surface area contributed by atoms with Crippen LogP contribution in [0.4, 0.5) is 16.2 Å². The Bertz CT molecular complexity index is 1780. The lowest BCUT2D eigenvalue weighted by atomic mass is 9.98. The number of aromatic amines is 1. The Hall–Kier alpha value is -5.08. The Morgan fingerprint density at radius 2 is 1.65 bits per heavy atom. The standard InChI is InChI=1S/C35H32N4O4/c40-17-16-39-20-22-8-7-15-31(33(22)37-32(34(39)41)18-23-19-36-30-14-6-5-9-24(23)30)38-35(42)43-21-29-27-12-3-1-10-25(27)26-11-2-4-13-28(26)29/h1-15,19,29,32,36-37,40H,16-18,20-21H2,(H,38,42)/t32-/m0/s1. The fraction of sp³-hybridized carbons (Fsp3) is 0.200. The number of anilines is 2. The number of β-amino-alcohol motifs (C(OH)–C–C–N with tert-alkyl or cyclic N) is 1. The van der Waals surface area contributed by atoms with Gasteiger partial charge in [0.25, 0.3) is 0 Å². The highest BCUT2D eigenvalue weighted by Gasteiger charge is 2.32. The van der Waals surface area contributed by atoms with Crippen LogP contribution in [0.25, 0.3) is 22.0 Å². The molecule has 2 heterocycles. The van der Waals surface area contributed by atoms with Gasteiger partial charge in [0.2, 0.25) is 5.91 Å². The molecule has 0 saturated heterocycles. The fourth-order valence-corrected chi connectivity index (χ4v) is 6.46. The average Bonchev–Trinajstić information content (AvgIpc) is 3.55. The third-order valence-electron chi connectivity index (χ3n) is 8.49. The summed E-state index contributed by atoms with van der Waals surface area (Å²) in [5, 5.41) is 17.1. The quantitative estimate of drug-likeness (QED) is 0.195. The second kappa shape index (κ2) is 11.3. The SMILES string of the molecule is O=C(Nc1cccc2c1N[C@@H](Cc1c[nH]c3ccccc13)C(=O)N(CCO)C2)OCC1c2ccccc2-c2ccccc21. The van der Waals surface area contributed by atoms with Crippen molar-refractivity contribution in [2.45, 2.75) is 24.9 Å². The lowest BCUT2D eigenvalue weighted by Gasteiger charge is -2.24. The predicted octanol–water partition coefficient (Wildman–Crippen LogP) is 5.89. The van der Waals surface area contributed by atoms with E-state index < -0.39 is 12.1 Å². The second-order valence-corrected chi connectivity index (χ2v) is 11.0. The van der Waals surface area contributed by atoms with Gasteiger partial charge in [-0.1, -0.05) is 78.9 Å². The number of carbonyl (C=O) groups excluding carboxylic acids is 2. The average molecular weight is 573 g/mol. The number of hydrogen-bond acceptors (Lipinski definition) is 5. The molecule has 0 radical (unpaired) electrons. The number of nitrogens with zero attached hydrogens (tertiary/aromatic N) is 1. The van der Waals surface area contributed by atoms with Crippen LogP contribution in [0, 0.1) is 0 Å². The summed E-state index contributed by atoms with van der Waals surface area (Å²) < 4.78 is 5.81. The second-order valence-electron chi connectivity index (χ2n) is 11.0. The lowest BCUT2D eigenvalue weighted by Crippen LogP contribution is -2.42. The van der Waals surface area contributed by atoms with Gasteiger partial charge in [-0.05, 0) is 45.5 Å². The van der Waals surface area contributed by atoms with Crippen molar-refractivity contribution in [3.05, 3.63) is 119 Å². The van der Waals surface area contributed by atoms with E-state index in [1.54, 1.807) is 4.90 Å². The summed E-state index contributed by atoms with van der Waals surface area (Å²) >= 11 is 0. The first-order valence-corrected chi connectivity index (χ1v) is 14.6. The Kier molecular flexibility index (Phi) is 7.04. The van der Waals surface area contributed by atoms with Gasteiger partial charge in [0.1, 0.15) is 12.6 Å². The number of nitrogens with one attached hydrogen (secondary N) is 3. The smallest absolute Gasteiger partial charge is 0.411 e. The van der Waals surface area contributed by atoms with Gasteiger partial charge in [-0.15, -0.1) is 0 Å². The van der Waals surface area contributed by atoms with E-state index in [1.807, 2.05) is 72.9 Å². The number of ether oxygens (including phenoxy) is 1. The van der Waals surface area contributed by atoms with Gasteiger partial charge in [-0.3, -0.25) is 10.1 Å². The number of fused-ring (bicyclic) bond motifs is 5. The Morgan fingerprint density at radius 3 is 2.42 bits per heavy atom. The van der Waals surface area contributed by atoms with E-state index in [2.05, 4.69) is 39.9 Å². The zero-order valence-electron chi connectivity index (χ0n) is 23.5. The number of para-hydroxylation sites is 2. The minimum atomic E-state index is -0.600. The van der Waals surface area contributed by atoms with Gasteiger partial charge >= 0.3 is 6.09 Å². The highest BCUT2D eigenvalue weighted by molar-refractivity contribution is 5.94. The van der Waals surface area contributed by atoms with Crippen LogP contribution in [0.3, 0.4) is 0 Å². The molecule has 7 rings (SSSR count). The molecule has 1 aliphatic carbocycles. The molecule has 2 aliphatic rings. The highest BCUT2D eigenvalue weighted by Crippen LogP contribution is 2.44. The van der Waals surface area contributed by atoms with Gasteiger partial charge in [0.15, 0.2) is 0 Å². The molecule has 216 valence electrons. The van der Waals surface area contributed by atoms with Crippen LogP contribution in [0.1, 0.15) is 28.2 Å². The van der Waals surface area contributed by atoms with Gasteiger partial charge in [-0.25, -0.2) is 4.79 Å². The van der Waals surface area contributed by atoms with Crippen LogP contribution >= 0.6 is 0 Å². The van der Waals surface area contributed by atoms with Crippen molar-refractivity contribution in [1.82, 2.24) is 9.88 Å². The Labute approximate surface area is 249 Å². The van der Waals surface area contributed by atoms with Crippen molar-refractivity contribution in [3.63, 3.8) is 0 Å². The van der Waals surface area contributed by atoms with Crippen LogP contribution in [0.5, 0.6) is 0 Å². The molecule has 5 aromatic rings. The van der Waals surface area contributed by atoms with E-state index in [-0.39, 0.29) is 31.6 Å². The zero-order chi connectivity index (χ0) is 29.3. The number of carbonyl (C=O) groups is 2. The van der Waals surface area contributed by atoms with E-state index in [0.717, 1.165) is 33.2 Å². The normalized spacial score (nSPS) is 15.8. The predicted molar refractivity (Wildman–Crippen MR) is 167 cm³/mol. The maximum Gasteiger partial charge on any atom is 0.411 e. The fourth-order valence-electron chi connectivity index (χ4n) is 6.46. The summed E-state index contributed by atoms with van der Waals surface area (Å²) in [4.78, 5) is 31.8. The molecule has 43 heavy (non-hydrogen) atoms. The van der Waals surface area contributed by atoms with E-state index in [0.29, 0.717) is 24.3 Å². The molecule has 1 aliphatic heterocycles. The van der Waals surface area contributed by atoms with Crippen molar-refractivity contribution >= 4 is 34.3 Å². The number of aliphatic hydroxyl groups is 1. The first-order chi connectivity index (χ1) is 21.1. The van der Waals surface area contributed by atoms with E-state index in [9.17, 15) is 14.7 Å². The molecule has 4 N–H and O–H groups in total. The molecule has 4 aromatic carbocycles. The molecule has 2 amide bonds. The summed E-state index contributed by atoms with van der Waals surface area (Å²) in [6.45, 7) is 0.591. The first-order valence-electron chi connectivity index (χ1n) is 14.6. The summed E-state index contributed by atoms with van der Waals surface area (Å²) in [5.41, 5.74) is 8.71. The van der Waals surface area contributed by atoms with Gasteiger partial charge < -0.3 is 25.0 Å². The number of rotatable bonds is 7. The molecule has 1 atom stereocenters. The number of H-pyrrole nitrogens is 1. The van der Waals surface area contributed by atoms with Crippen LogP contribution in [-0.4, -0.2) is 52.8 Å². The van der Waals surface area contributed by atoms with Crippen molar-refractivity contribution < 1.29 is 19.4 Å². The summed E-state index contributed by atoms with van der Waals surface area (Å²) in [7, 11) is 0. The minimum Gasteiger partial charge on any atom is -0.448 e. The van der Waals surface area contributed by atoms with Gasteiger partial charge in [-0.2, -0.15) is 0 Å². The molecular formula is C35H32N4O4. The van der Waals surface area contributed by atoms with E-state index >= 15 is 0 Å². The number of aromatic nitrogens is 1. The Morgan fingerprint density at radius 1 is 0.930 bits per heavy atom. The molecule has 1 aromatic heterocycles. The van der Waals surface area contributed by atoms with Crippen LogP contribution in [0.2, 0.25) is 0 Å². The van der Waals surface area contributed by atoms with Crippen molar-refractivity contribution in [2.24, 2.45) is 0 Å². The molecule has 8 nitrogen and oxygen atoms in total. The van der Waals surface area contributed by atoms with Crippen LogP contribution in [-0.2, 0) is 22.5 Å². The molecule has 0 bridgehead atoms. The molecule has 0 unspecified atom stereocenters. The van der Waals surface area contributed by atoms with Crippen LogP contribution in [0.15, 0.2) is 97.2 Å². The van der Waals surface area contributed by atoms with Gasteiger partial charge in [0, 0.05) is 42.5 Å². The third kappa shape index (κ3) is 5.00. The summed E-state index contributed by atoms with van der Waals surface area (Å²) in [5.74, 6) is -0.156. The van der Waals surface area contributed by atoms with Crippen molar-refractivity contribution in [2.75, 3.05) is 30.4 Å². The van der Waals surface area contributed by atoms with Crippen molar-refractivity contribution in [1.29, 1.82) is 0 Å². The number of hydrogen-bond donors (Lipinski definition) is 4. The van der Waals surface area contributed by atoms with Crippen LogP contribution < -0.4 is 10.6 Å².